The van der Waals surface area contributed by atoms with Crippen LogP contribution in [-0.2, 0) is 16.0 Å². The molecule has 1 N–H and O–H groups in total. The molecule has 1 amide bonds. The highest BCUT2D eigenvalue weighted by Crippen LogP contribution is 2.36. The van der Waals surface area contributed by atoms with Crippen LogP contribution in [0.5, 0.6) is 0 Å². The van der Waals surface area contributed by atoms with E-state index in [1.807, 2.05) is 54.6 Å². The van der Waals surface area contributed by atoms with Gasteiger partial charge in [-0.3, -0.25) is 4.79 Å². The van der Waals surface area contributed by atoms with Crippen LogP contribution >= 0.6 is 11.3 Å². The molecular formula is C24H25NO3S. The molecule has 3 aromatic rings. The van der Waals surface area contributed by atoms with Crippen LogP contribution in [-0.4, -0.2) is 18.5 Å². The minimum Gasteiger partial charge on any atom is -0.462 e. The monoisotopic (exact) mass is 407 g/mol. The highest BCUT2D eigenvalue weighted by atomic mass is 32.1. The molecule has 3 rings (SSSR count). The van der Waals surface area contributed by atoms with Crippen molar-refractivity contribution in [2.75, 3.05) is 11.9 Å². The Morgan fingerprint density at radius 2 is 1.69 bits per heavy atom. The number of amides is 1. The van der Waals surface area contributed by atoms with Crippen molar-refractivity contribution < 1.29 is 14.3 Å². The first-order chi connectivity index (χ1) is 14.1. The molecule has 1 heterocycles. The molecule has 0 aliphatic heterocycles. The van der Waals surface area contributed by atoms with Gasteiger partial charge in [-0.1, -0.05) is 67.6 Å². The van der Waals surface area contributed by atoms with Gasteiger partial charge in [0.2, 0.25) is 5.91 Å². The molecule has 0 radical (unpaired) electrons. The highest BCUT2D eigenvalue weighted by molar-refractivity contribution is 7.16. The first kappa shape index (κ1) is 20.8. The summed E-state index contributed by atoms with van der Waals surface area (Å²) in [5.41, 5.74) is 2.69. The van der Waals surface area contributed by atoms with Gasteiger partial charge in [0.05, 0.1) is 12.2 Å². The number of rotatable bonds is 8. The van der Waals surface area contributed by atoms with E-state index >= 15 is 0 Å². The Morgan fingerprint density at radius 3 is 2.34 bits per heavy atom. The third-order valence-electron chi connectivity index (χ3n) is 4.71. The topological polar surface area (TPSA) is 55.4 Å². The van der Waals surface area contributed by atoms with Crippen LogP contribution < -0.4 is 5.32 Å². The molecule has 0 aliphatic carbocycles. The second kappa shape index (κ2) is 10.0. The standard InChI is InChI=1S/C24H25NO3S/c1-3-28-24(27)20-16-21(17(2)19-12-8-5-9-13-19)29-23(20)25-22(26)15-14-18-10-6-4-7-11-18/h4-13,16-17H,3,14-15H2,1-2H3,(H,25,26)/t17-/m0/s1. The van der Waals surface area contributed by atoms with Gasteiger partial charge in [-0.15, -0.1) is 11.3 Å². The summed E-state index contributed by atoms with van der Waals surface area (Å²) in [6.45, 7) is 4.16. The molecule has 0 unspecified atom stereocenters. The first-order valence-electron chi connectivity index (χ1n) is 9.78. The average Bonchev–Trinajstić information content (AvgIpc) is 3.17. The summed E-state index contributed by atoms with van der Waals surface area (Å²) in [4.78, 5) is 26.0. The van der Waals surface area contributed by atoms with Crippen LogP contribution in [0, 0.1) is 0 Å². The number of hydrogen-bond acceptors (Lipinski definition) is 4. The summed E-state index contributed by atoms with van der Waals surface area (Å²) in [7, 11) is 0. The number of benzene rings is 2. The van der Waals surface area contributed by atoms with E-state index in [2.05, 4.69) is 24.4 Å². The van der Waals surface area contributed by atoms with Crippen molar-refractivity contribution in [2.45, 2.75) is 32.6 Å². The van der Waals surface area contributed by atoms with Gasteiger partial charge < -0.3 is 10.1 Å². The van der Waals surface area contributed by atoms with E-state index in [4.69, 9.17) is 4.74 Å². The van der Waals surface area contributed by atoms with Crippen molar-refractivity contribution >= 4 is 28.2 Å². The molecule has 2 aromatic carbocycles. The maximum absolute atomic E-state index is 12.5. The van der Waals surface area contributed by atoms with Crippen molar-refractivity contribution in [3.05, 3.63) is 88.3 Å². The van der Waals surface area contributed by atoms with Crippen LogP contribution in [0.2, 0.25) is 0 Å². The van der Waals surface area contributed by atoms with Gasteiger partial charge >= 0.3 is 5.97 Å². The minimum absolute atomic E-state index is 0.111. The third-order valence-corrected chi connectivity index (χ3v) is 5.94. The number of ether oxygens (including phenoxy) is 1. The Morgan fingerprint density at radius 1 is 1.03 bits per heavy atom. The van der Waals surface area contributed by atoms with Gasteiger partial charge in [-0.25, -0.2) is 4.79 Å². The zero-order chi connectivity index (χ0) is 20.6. The number of anilines is 1. The number of thiophene rings is 1. The smallest absolute Gasteiger partial charge is 0.341 e. The molecule has 150 valence electrons. The first-order valence-corrected chi connectivity index (χ1v) is 10.6. The van der Waals surface area contributed by atoms with Crippen LogP contribution in [0.15, 0.2) is 66.7 Å². The van der Waals surface area contributed by atoms with Crippen molar-refractivity contribution in [1.82, 2.24) is 0 Å². The van der Waals surface area contributed by atoms with Crippen molar-refractivity contribution in [3.8, 4) is 0 Å². The minimum atomic E-state index is -0.409. The fourth-order valence-electron chi connectivity index (χ4n) is 3.07. The van der Waals surface area contributed by atoms with E-state index in [1.54, 1.807) is 6.92 Å². The Balaban J connectivity index is 1.77. The van der Waals surface area contributed by atoms with Gasteiger partial charge in [0.1, 0.15) is 5.00 Å². The molecule has 0 aliphatic rings. The van der Waals surface area contributed by atoms with Crippen molar-refractivity contribution in [2.24, 2.45) is 0 Å². The maximum Gasteiger partial charge on any atom is 0.341 e. The number of carbonyl (C=O) groups is 2. The predicted octanol–water partition coefficient (Wildman–Crippen LogP) is 5.65. The number of hydrogen-bond donors (Lipinski definition) is 1. The van der Waals surface area contributed by atoms with Gasteiger partial charge in [0, 0.05) is 17.2 Å². The maximum atomic E-state index is 12.5. The average molecular weight is 408 g/mol. The zero-order valence-corrected chi connectivity index (χ0v) is 17.5. The Hall–Kier alpha value is -2.92. The normalized spacial score (nSPS) is 11.7. The van der Waals surface area contributed by atoms with E-state index in [0.29, 0.717) is 30.0 Å². The van der Waals surface area contributed by atoms with Crippen LogP contribution in [0.25, 0.3) is 0 Å². The molecule has 0 saturated heterocycles. The number of esters is 1. The molecule has 0 saturated carbocycles. The highest BCUT2D eigenvalue weighted by Gasteiger charge is 2.22. The van der Waals surface area contributed by atoms with Gasteiger partial charge in [-0.2, -0.15) is 0 Å². The van der Waals surface area contributed by atoms with Crippen LogP contribution in [0.1, 0.15) is 52.5 Å². The molecule has 29 heavy (non-hydrogen) atoms. The fraction of sp³-hybridized carbons (Fsp3) is 0.250. The Labute approximate surface area is 175 Å². The summed E-state index contributed by atoms with van der Waals surface area (Å²) in [6, 6.07) is 21.8. The lowest BCUT2D eigenvalue weighted by atomic mass is 9.99. The second-order valence-corrected chi connectivity index (χ2v) is 7.86. The molecule has 0 fully saturated rings. The lowest BCUT2D eigenvalue weighted by molar-refractivity contribution is -0.116. The van der Waals surface area contributed by atoms with Gasteiger partial charge in [0.15, 0.2) is 0 Å². The number of carbonyl (C=O) groups excluding carboxylic acids is 2. The Kier molecular flexibility index (Phi) is 7.19. The summed E-state index contributed by atoms with van der Waals surface area (Å²) in [5.74, 6) is -0.405. The van der Waals surface area contributed by atoms with E-state index in [0.717, 1.165) is 16.0 Å². The predicted molar refractivity (Wildman–Crippen MR) is 118 cm³/mol. The molecule has 1 atom stereocenters. The summed E-state index contributed by atoms with van der Waals surface area (Å²) >= 11 is 1.43. The fourth-order valence-corrected chi connectivity index (χ4v) is 4.22. The van der Waals surface area contributed by atoms with Crippen molar-refractivity contribution in [1.29, 1.82) is 0 Å². The van der Waals surface area contributed by atoms with E-state index in [1.165, 1.54) is 11.3 Å². The molecule has 0 bridgehead atoms. The largest absolute Gasteiger partial charge is 0.462 e. The van der Waals surface area contributed by atoms with Gasteiger partial charge in [0.25, 0.3) is 0 Å². The molecule has 4 nitrogen and oxygen atoms in total. The second-order valence-electron chi connectivity index (χ2n) is 6.78. The third kappa shape index (κ3) is 5.55. The quantitative estimate of drug-likeness (QED) is 0.491. The summed E-state index contributed by atoms with van der Waals surface area (Å²) in [5, 5.41) is 3.48. The van der Waals surface area contributed by atoms with Crippen LogP contribution in [0.4, 0.5) is 5.00 Å². The lowest BCUT2D eigenvalue weighted by Gasteiger charge is -2.09. The molecule has 5 heteroatoms. The van der Waals surface area contributed by atoms with Gasteiger partial charge in [-0.05, 0) is 30.5 Å². The number of nitrogens with one attached hydrogen (secondary N) is 1. The van der Waals surface area contributed by atoms with E-state index in [-0.39, 0.29) is 11.8 Å². The molecule has 0 spiro atoms. The summed E-state index contributed by atoms with van der Waals surface area (Å²) < 4.78 is 5.19. The Bertz CT molecular complexity index is 951. The number of aryl methyl sites for hydroxylation is 1. The SMILES string of the molecule is CCOC(=O)c1cc([C@@H](C)c2ccccc2)sc1NC(=O)CCc1ccccc1. The lowest BCUT2D eigenvalue weighted by Crippen LogP contribution is -2.14. The van der Waals surface area contributed by atoms with E-state index < -0.39 is 5.97 Å². The van der Waals surface area contributed by atoms with Crippen LogP contribution in [0.3, 0.4) is 0 Å². The van der Waals surface area contributed by atoms with Crippen molar-refractivity contribution in [3.63, 3.8) is 0 Å². The molecule has 1 aromatic heterocycles. The zero-order valence-electron chi connectivity index (χ0n) is 16.7. The van der Waals surface area contributed by atoms with E-state index in [9.17, 15) is 9.59 Å². The summed E-state index contributed by atoms with van der Waals surface area (Å²) in [6.07, 6.45) is 1.01. The molecular weight excluding hydrogens is 382 g/mol.